The van der Waals surface area contributed by atoms with E-state index < -0.39 is 64.8 Å². The highest BCUT2D eigenvalue weighted by atomic mass is 31.2. The molecule has 3 heterocycles. The zero-order valence-corrected chi connectivity index (χ0v) is 38.3. The number of carbonyl (C=O) groups is 1. The number of rotatable bonds is 25. The van der Waals surface area contributed by atoms with Crippen molar-refractivity contribution in [3.8, 4) is 12.1 Å². The average molecular weight is 880 g/mol. The first-order valence-corrected chi connectivity index (χ1v) is 24.3. The van der Waals surface area contributed by atoms with Gasteiger partial charge in [-0.3, -0.25) is 31.9 Å². The molecule has 0 aromatic heterocycles. The Labute approximate surface area is 351 Å². The molecule has 3 fully saturated rings. The Hall–Kier alpha value is -1.53. The van der Waals surface area contributed by atoms with Crippen molar-refractivity contribution in [1.82, 2.24) is 0 Å². The summed E-state index contributed by atoms with van der Waals surface area (Å²) in [5.41, 5.74) is 5.28. The number of primary amides is 1. The van der Waals surface area contributed by atoms with Gasteiger partial charge in [-0.1, -0.05) is 62.3 Å². The quantitative estimate of drug-likeness (QED) is 0.0704. The van der Waals surface area contributed by atoms with Crippen molar-refractivity contribution >= 4 is 21.6 Å². The highest BCUT2D eigenvalue weighted by molar-refractivity contribution is 7.48. The Morgan fingerprint density at radius 1 is 0.610 bits per heavy atom. The Morgan fingerprint density at radius 3 is 1.46 bits per heavy atom. The summed E-state index contributed by atoms with van der Waals surface area (Å²) >= 11 is 0. The second-order valence-electron chi connectivity index (χ2n) is 16.3. The van der Waals surface area contributed by atoms with Crippen LogP contribution in [0, 0.1) is 58.2 Å². The lowest BCUT2D eigenvalue weighted by molar-refractivity contribution is -0.191. The number of carbonyl (C=O) groups excluding carboxylic acids is 1. The number of nitrogens with zero attached hydrogens (tertiary/aromatic N) is 2. The molecule has 0 bridgehead atoms. The van der Waals surface area contributed by atoms with Gasteiger partial charge in [0.2, 0.25) is 5.91 Å². The lowest BCUT2D eigenvalue weighted by Crippen LogP contribution is -2.52. The molecule has 0 aliphatic carbocycles. The predicted octanol–water partition coefficient (Wildman–Crippen LogP) is 6.86. The van der Waals surface area contributed by atoms with Crippen molar-refractivity contribution in [2.75, 3.05) is 39.6 Å². The van der Waals surface area contributed by atoms with E-state index in [4.69, 9.17) is 51.8 Å². The lowest BCUT2D eigenvalue weighted by atomic mass is 9.80. The van der Waals surface area contributed by atoms with Gasteiger partial charge in [-0.15, -0.1) is 0 Å². The number of phosphoric acid groups is 2. The van der Waals surface area contributed by atoms with Crippen molar-refractivity contribution in [3.63, 3.8) is 0 Å². The van der Waals surface area contributed by atoms with Crippen LogP contribution in [0.2, 0.25) is 0 Å². The first-order chi connectivity index (χ1) is 28.0. The molecule has 0 spiro atoms. The molecule has 0 saturated carbocycles. The van der Waals surface area contributed by atoms with Crippen LogP contribution in [0.25, 0.3) is 0 Å². The van der Waals surface area contributed by atoms with Crippen LogP contribution in [0.4, 0.5) is 0 Å². The summed E-state index contributed by atoms with van der Waals surface area (Å²) in [7, 11) is -8.93. The lowest BCUT2D eigenvalue weighted by Gasteiger charge is -2.46. The number of phosphoric ester groups is 2. The van der Waals surface area contributed by atoms with Gasteiger partial charge in [0.1, 0.15) is 24.4 Å². The molecule has 0 aromatic rings. The van der Waals surface area contributed by atoms with Gasteiger partial charge in [0.05, 0.1) is 88.5 Å². The fourth-order valence-electron chi connectivity index (χ4n) is 8.16. The van der Waals surface area contributed by atoms with Crippen LogP contribution in [-0.4, -0.2) is 106 Å². The minimum Gasteiger partial charge on any atom is -0.392 e. The van der Waals surface area contributed by atoms with Crippen LogP contribution in [-0.2, 0) is 60.0 Å². The maximum absolute atomic E-state index is 14.7. The molecule has 340 valence electrons. The van der Waals surface area contributed by atoms with Crippen LogP contribution in [0.1, 0.15) is 107 Å². The fourth-order valence-corrected chi connectivity index (χ4v) is 11.1. The SMILES string of the molecule is CC[C@H]1O[C@@H](COP(=O)(OCCC#N)OC2[C@@H](C)C(C)[C@@H](CC)O[C@H]2COP(=O)(OCCC#N)OC2[C@@H](C)C(C)[C@@H](CC)O[C@H]2COCCCC(N)=O)C(C)C(O)C1C. The van der Waals surface area contributed by atoms with E-state index in [2.05, 4.69) is 0 Å². The average Bonchev–Trinajstić information content (AvgIpc) is 3.20. The largest absolute Gasteiger partial charge is 0.475 e. The predicted molar refractivity (Wildman–Crippen MR) is 216 cm³/mol. The number of hydrogen-bond donors (Lipinski definition) is 2. The minimum absolute atomic E-state index is 0.00697. The zero-order valence-electron chi connectivity index (χ0n) is 36.5. The van der Waals surface area contributed by atoms with Gasteiger partial charge in [0.25, 0.3) is 0 Å². The third-order valence-corrected chi connectivity index (χ3v) is 15.3. The minimum atomic E-state index is -4.48. The van der Waals surface area contributed by atoms with Gasteiger partial charge < -0.3 is 29.8 Å². The Balaban J connectivity index is 1.90. The molecule has 0 radical (unpaired) electrons. The van der Waals surface area contributed by atoms with Crippen LogP contribution in [0.5, 0.6) is 0 Å². The number of aliphatic hydroxyl groups is 1. The Bertz CT molecular complexity index is 1460. The Morgan fingerprint density at radius 2 is 1.02 bits per heavy atom. The maximum atomic E-state index is 14.7. The molecule has 0 aromatic carbocycles. The van der Waals surface area contributed by atoms with Crippen molar-refractivity contribution in [3.05, 3.63) is 0 Å². The van der Waals surface area contributed by atoms with Gasteiger partial charge in [0, 0.05) is 24.9 Å². The summed E-state index contributed by atoms with van der Waals surface area (Å²) in [6.45, 7) is 16.8. The second-order valence-corrected chi connectivity index (χ2v) is 19.5. The molecule has 3 aliphatic heterocycles. The monoisotopic (exact) mass is 879 g/mol. The molecule has 1 amide bonds. The molecule has 9 unspecified atom stereocenters. The van der Waals surface area contributed by atoms with Crippen molar-refractivity contribution < 1.29 is 65.1 Å². The number of amides is 1. The highest BCUT2D eigenvalue weighted by Gasteiger charge is 2.50. The van der Waals surface area contributed by atoms with Crippen LogP contribution >= 0.6 is 15.6 Å². The van der Waals surface area contributed by atoms with E-state index in [1.807, 2.05) is 74.5 Å². The first-order valence-electron chi connectivity index (χ1n) is 21.4. The molecule has 17 atom stereocenters. The van der Waals surface area contributed by atoms with E-state index in [0.717, 1.165) is 6.42 Å². The molecule has 3 aliphatic rings. The Kier molecular flexibility index (Phi) is 21.9. The van der Waals surface area contributed by atoms with Gasteiger partial charge in [0.15, 0.2) is 0 Å². The second kappa shape index (κ2) is 24.9. The van der Waals surface area contributed by atoms with E-state index in [0.29, 0.717) is 19.3 Å². The standard InChI is InChI=1S/C40H71N3O14P2/c1-10-31-25(4)27(6)39(35(54-31)22-48-19-13-16-37(43)44)56-59(47,50-21-15-18-42)52-24-36-40(28(7)26(5)32(11-2)55-36)57-58(46,49-20-14-17-41)51-23-34-30(9)38(45)29(8)33(12-3)53-34/h25-36,38-40,45H,10-16,19-24H2,1-9H3,(H2,43,44)/t25?,26?,27-,28-,29?,30?,31+,32+,33+,34-,35-,36-,38?,39?,40?,58?,59?/m0/s1. The zero-order chi connectivity index (χ0) is 43.9. The van der Waals surface area contributed by atoms with Gasteiger partial charge >= 0.3 is 15.6 Å². The van der Waals surface area contributed by atoms with E-state index in [1.54, 1.807) is 0 Å². The van der Waals surface area contributed by atoms with Crippen LogP contribution in [0.3, 0.4) is 0 Å². The molecule has 19 heteroatoms. The number of aliphatic hydroxyl groups excluding tert-OH is 1. The molecule has 59 heavy (non-hydrogen) atoms. The van der Waals surface area contributed by atoms with Crippen molar-refractivity contribution in [2.24, 2.45) is 41.2 Å². The first kappa shape index (κ1) is 51.8. The fraction of sp³-hybridized carbons (Fsp3) is 0.925. The smallest absolute Gasteiger partial charge is 0.392 e. The maximum Gasteiger partial charge on any atom is 0.475 e. The van der Waals surface area contributed by atoms with Crippen LogP contribution in [0.15, 0.2) is 0 Å². The van der Waals surface area contributed by atoms with E-state index in [1.165, 1.54) is 0 Å². The van der Waals surface area contributed by atoms with Gasteiger partial charge in [-0.25, -0.2) is 9.13 Å². The summed E-state index contributed by atoms with van der Waals surface area (Å²) < 4.78 is 90.4. The summed E-state index contributed by atoms with van der Waals surface area (Å²) in [4.78, 5) is 11.2. The molecular weight excluding hydrogens is 808 g/mol. The van der Waals surface area contributed by atoms with Gasteiger partial charge in [-0.2, -0.15) is 10.5 Å². The number of nitriles is 2. The van der Waals surface area contributed by atoms with E-state index in [-0.39, 0.29) is 106 Å². The number of hydrogen-bond acceptors (Lipinski definition) is 16. The van der Waals surface area contributed by atoms with Crippen molar-refractivity contribution in [1.29, 1.82) is 10.5 Å². The molecule has 17 nitrogen and oxygen atoms in total. The van der Waals surface area contributed by atoms with E-state index in [9.17, 15) is 29.6 Å². The number of ether oxygens (including phenoxy) is 4. The molecule has 3 rings (SSSR count). The molecular formula is C40H71N3O14P2. The molecule has 3 saturated heterocycles. The summed E-state index contributed by atoms with van der Waals surface area (Å²) in [6, 6.07) is 3.95. The van der Waals surface area contributed by atoms with E-state index >= 15 is 0 Å². The highest BCUT2D eigenvalue weighted by Crippen LogP contribution is 2.57. The summed E-state index contributed by atoms with van der Waals surface area (Å²) in [5.74, 6) is -1.50. The third-order valence-electron chi connectivity index (χ3n) is 12.3. The van der Waals surface area contributed by atoms with Crippen molar-refractivity contribution in [2.45, 2.75) is 162 Å². The normalized spacial score (nSPS) is 37.1. The summed E-state index contributed by atoms with van der Waals surface area (Å²) in [6.07, 6.45) is -2.99. The summed E-state index contributed by atoms with van der Waals surface area (Å²) in [5, 5.41) is 29.5. The topological polar surface area (TPSA) is 237 Å². The number of nitrogens with two attached hydrogens (primary N) is 1. The van der Waals surface area contributed by atoms with Crippen LogP contribution < -0.4 is 5.73 Å². The molecule has 3 N–H and O–H groups in total. The van der Waals surface area contributed by atoms with Gasteiger partial charge in [-0.05, 0) is 49.4 Å². The third kappa shape index (κ3) is 14.8.